The molecule has 0 heterocycles. The number of allylic oxidation sites excluding steroid dienone is 1. The van der Waals surface area contributed by atoms with Crippen LogP contribution in [0.25, 0.3) is 0 Å². The van der Waals surface area contributed by atoms with E-state index < -0.39 is 0 Å². The first-order valence-corrected chi connectivity index (χ1v) is 7.37. The lowest BCUT2D eigenvalue weighted by Gasteiger charge is -2.13. The van der Waals surface area contributed by atoms with Crippen molar-refractivity contribution in [1.29, 1.82) is 0 Å². The Bertz CT molecular complexity index is 429. The first-order chi connectivity index (χ1) is 8.75. The van der Waals surface area contributed by atoms with Gasteiger partial charge >= 0.3 is 0 Å². The Kier molecular flexibility index (Phi) is 5.39. The molecule has 1 aromatic carbocycles. The third-order valence-corrected chi connectivity index (χ3v) is 3.83. The van der Waals surface area contributed by atoms with Gasteiger partial charge in [-0.15, -0.1) is 0 Å². The molecule has 98 valence electrons. The second-order valence-corrected chi connectivity index (χ2v) is 5.69. The molecule has 1 aromatic rings. The molecule has 1 aliphatic rings. The van der Waals surface area contributed by atoms with E-state index in [1.54, 1.807) is 5.57 Å². The molecule has 1 aliphatic carbocycles. The molecule has 0 aliphatic heterocycles. The average molecular weight is 312 g/mol. The third-order valence-electron chi connectivity index (χ3n) is 3.34. The van der Waals surface area contributed by atoms with E-state index in [4.69, 9.17) is 0 Å². The zero-order valence-electron chi connectivity index (χ0n) is 10.5. The number of nitrogens with one attached hydrogen (secondary N) is 1. The summed E-state index contributed by atoms with van der Waals surface area (Å²) in [5, 5.41) is 3.31. The largest absolute Gasteiger partial charge is 0.312 e. The van der Waals surface area contributed by atoms with Crippen molar-refractivity contribution in [3.8, 4) is 0 Å². The molecule has 3 heteroatoms. The van der Waals surface area contributed by atoms with E-state index in [-0.39, 0.29) is 5.82 Å². The molecule has 0 saturated heterocycles. The van der Waals surface area contributed by atoms with E-state index in [2.05, 4.69) is 27.3 Å². The molecule has 0 saturated carbocycles. The molecule has 1 N–H and O–H groups in total. The number of hydrogen-bond acceptors (Lipinski definition) is 1. The van der Waals surface area contributed by atoms with Crippen molar-refractivity contribution in [1.82, 2.24) is 5.32 Å². The molecule has 0 bridgehead atoms. The highest BCUT2D eigenvalue weighted by atomic mass is 79.9. The summed E-state index contributed by atoms with van der Waals surface area (Å²) in [5.41, 5.74) is 2.29. The molecule has 0 amide bonds. The van der Waals surface area contributed by atoms with Crippen LogP contribution in [0.3, 0.4) is 0 Å². The second kappa shape index (κ2) is 7.05. The molecule has 18 heavy (non-hydrogen) atoms. The van der Waals surface area contributed by atoms with Gasteiger partial charge in [-0.3, -0.25) is 0 Å². The second-order valence-electron chi connectivity index (χ2n) is 4.77. The van der Waals surface area contributed by atoms with E-state index in [1.165, 1.54) is 31.7 Å². The average Bonchev–Trinajstić information content (AvgIpc) is 2.38. The molecule has 0 spiro atoms. The summed E-state index contributed by atoms with van der Waals surface area (Å²) >= 11 is 3.26. The summed E-state index contributed by atoms with van der Waals surface area (Å²) in [4.78, 5) is 0. The number of rotatable bonds is 5. The van der Waals surface area contributed by atoms with Gasteiger partial charge in [0.2, 0.25) is 0 Å². The van der Waals surface area contributed by atoms with Crippen molar-refractivity contribution >= 4 is 15.9 Å². The Balaban J connectivity index is 1.73. The van der Waals surface area contributed by atoms with Gasteiger partial charge in [0.1, 0.15) is 5.82 Å². The van der Waals surface area contributed by atoms with Crippen LogP contribution < -0.4 is 5.32 Å². The SMILES string of the molecule is Fc1cc(Br)ccc1CNCCC1=CCCCC1. The fraction of sp³-hybridized carbons (Fsp3) is 0.467. The molecule has 2 rings (SSSR count). The molecule has 0 radical (unpaired) electrons. The van der Waals surface area contributed by atoms with Crippen molar-refractivity contribution in [2.24, 2.45) is 0 Å². The van der Waals surface area contributed by atoms with E-state index in [1.807, 2.05) is 12.1 Å². The maximum Gasteiger partial charge on any atom is 0.128 e. The zero-order chi connectivity index (χ0) is 12.8. The van der Waals surface area contributed by atoms with E-state index in [0.717, 1.165) is 23.0 Å². The van der Waals surface area contributed by atoms with E-state index in [9.17, 15) is 4.39 Å². The number of halogens is 2. The molecular weight excluding hydrogens is 293 g/mol. The highest BCUT2D eigenvalue weighted by Gasteiger charge is 2.04. The lowest BCUT2D eigenvalue weighted by molar-refractivity contribution is 0.582. The van der Waals surface area contributed by atoms with Gasteiger partial charge in [-0.05, 0) is 50.8 Å². The maximum atomic E-state index is 13.6. The van der Waals surface area contributed by atoms with Gasteiger partial charge < -0.3 is 5.32 Å². The monoisotopic (exact) mass is 311 g/mol. The number of hydrogen-bond donors (Lipinski definition) is 1. The van der Waals surface area contributed by atoms with Crippen LogP contribution in [0.5, 0.6) is 0 Å². The summed E-state index contributed by atoms with van der Waals surface area (Å²) in [6.07, 6.45) is 8.60. The topological polar surface area (TPSA) is 12.0 Å². The lowest BCUT2D eigenvalue weighted by Crippen LogP contribution is -2.16. The van der Waals surface area contributed by atoms with Crippen LogP contribution >= 0.6 is 15.9 Å². The van der Waals surface area contributed by atoms with Crippen LogP contribution in [0, 0.1) is 5.82 Å². The van der Waals surface area contributed by atoms with Crippen molar-refractivity contribution in [2.45, 2.75) is 38.6 Å². The van der Waals surface area contributed by atoms with Crippen LogP contribution in [0.4, 0.5) is 4.39 Å². The standard InChI is InChI=1S/C15H19BrFN/c16-14-7-6-13(15(17)10-14)11-18-9-8-12-4-2-1-3-5-12/h4,6-7,10,18H,1-3,5,8-9,11H2. The molecule has 0 atom stereocenters. The molecule has 0 unspecified atom stereocenters. The minimum absolute atomic E-state index is 0.145. The zero-order valence-corrected chi connectivity index (χ0v) is 12.1. The molecule has 0 fully saturated rings. The Morgan fingerprint density at radius 3 is 2.89 bits per heavy atom. The minimum Gasteiger partial charge on any atom is -0.312 e. The van der Waals surface area contributed by atoms with Gasteiger partial charge in [0.25, 0.3) is 0 Å². The predicted molar refractivity (Wildman–Crippen MR) is 77.0 cm³/mol. The third kappa shape index (κ3) is 4.21. The van der Waals surface area contributed by atoms with Gasteiger partial charge in [-0.25, -0.2) is 4.39 Å². The summed E-state index contributed by atoms with van der Waals surface area (Å²) in [6.45, 7) is 1.54. The Labute approximate surface area is 117 Å². The van der Waals surface area contributed by atoms with Gasteiger partial charge in [0.15, 0.2) is 0 Å². The van der Waals surface area contributed by atoms with E-state index >= 15 is 0 Å². The van der Waals surface area contributed by atoms with Crippen molar-refractivity contribution in [2.75, 3.05) is 6.54 Å². The first-order valence-electron chi connectivity index (χ1n) is 6.58. The summed E-state index contributed by atoms with van der Waals surface area (Å²) in [5.74, 6) is -0.145. The Morgan fingerprint density at radius 1 is 1.28 bits per heavy atom. The van der Waals surface area contributed by atoms with Crippen molar-refractivity contribution < 1.29 is 4.39 Å². The summed E-state index contributed by atoms with van der Waals surface area (Å²) in [6, 6.07) is 5.22. The van der Waals surface area contributed by atoms with Gasteiger partial charge in [-0.1, -0.05) is 33.6 Å². The molecule has 0 aromatic heterocycles. The maximum absolute atomic E-state index is 13.6. The summed E-state index contributed by atoms with van der Waals surface area (Å²) in [7, 11) is 0. The van der Waals surface area contributed by atoms with Crippen LogP contribution in [0.2, 0.25) is 0 Å². The lowest BCUT2D eigenvalue weighted by atomic mass is 9.97. The van der Waals surface area contributed by atoms with Gasteiger partial charge in [0, 0.05) is 16.6 Å². The summed E-state index contributed by atoms with van der Waals surface area (Å²) < 4.78 is 14.3. The Morgan fingerprint density at radius 2 is 2.17 bits per heavy atom. The van der Waals surface area contributed by atoms with Crippen LogP contribution in [0.15, 0.2) is 34.3 Å². The highest BCUT2D eigenvalue weighted by molar-refractivity contribution is 9.10. The van der Waals surface area contributed by atoms with Crippen LogP contribution in [-0.2, 0) is 6.54 Å². The van der Waals surface area contributed by atoms with Crippen molar-refractivity contribution in [3.05, 3.63) is 45.7 Å². The van der Waals surface area contributed by atoms with E-state index in [0.29, 0.717) is 6.54 Å². The fourth-order valence-electron chi connectivity index (χ4n) is 2.27. The van der Waals surface area contributed by atoms with Crippen LogP contribution in [-0.4, -0.2) is 6.54 Å². The van der Waals surface area contributed by atoms with Crippen molar-refractivity contribution in [3.63, 3.8) is 0 Å². The smallest absolute Gasteiger partial charge is 0.128 e. The predicted octanol–water partition coefficient (Wildman–Crippen LogP) is 4.57. The molecule has 1 nitrogen and oxygen atoms in total. The fourth-order valence-corrected chi connectivity index (χ4v) is 2.60. The van der Waals surface area contributed by atoms with Gasteiger partial charge in [-0.2, -0.15) is 0 Å². The quantitative estimate of drug-likeness (QED) is 0.620. The number of benzene rings is 1. The van der Waals surface area contributed by atoms with Crippen LogP contribution in [0.1, 0.15) is 37.7 Å². The van der Waals surface area contributed by atoms with Gasteiger partial charge in [0.05, 0.1) is 0 Å². The molecular formula is C15H19BrFN. The normalized spacial score (nSPS) is 15.6. The highest BCUT2D eigenvalue weighted by Crippen LogP contribution is 2.19. The Hall–Kier alpha value is -0.670. The first kappa shape index (κ1) is 13.8. The minimum atomic E-state index is -0.145.